The van der Waals surface area contributed by atoms with Gasteiger partial charge in [-0.15, -0.1) is 11.3 Å². The molecule has 1 unspecified atom stereocenters. The van der Waals surface area contributed by atoms with Crippen LogP contribution in [0, 0.1) is 0 Å². The van der Waals surface area contributed by atoms with Crippen LogP contribution in [0.3, 0.4) is 0 Å². The van der Waals surface area contributed by atoms with E-state index in [2.05, 4.69) is 144 Å². The molecule has 0 radical (unpaired) electrons. The molecule has 0 fully saturated rings. The molecule has 192 valence electrons. The maximum absolute atomic E-state index is 5.15. The van der Waals surface area contributed by atoms with Crippen LogP contribution in [0.4, 0.5) is 5.69 Å². The molecule has 0 aliphatic carbocycles. The standard InChI is InChI=1S/C38H24N2S/c1-2-10-24(11-3-1)35-29-13-4-7-15-31(29)39-37(35)25-18-20-26(21-19-25)40-32-16-8-5-12-27(32)28-22-23-34-36(38(28)40)30-14-6-9-17-33(30)41-34/h1-23,35H. The number of para-hydroxylation sites is 2. The maximum Gasteiger partial charge on any atom is 0.0675 e. The molecule has 0 saturated heterocycles. The number of hydrogen-bond donors (Lipinski definition) is 0. The Bertz CT molecular complexity index is 2300. The number of aliphatic imine (C=N–C) groups is 1. The summed E-state index contributed by atoms with van der Waals surface area (Å²) < 4.78 is 5.10. The topological polar surface area (TPSA) is 17.3 Å². The molecule has 1 aliphatic heterocycles. The first-order chi connectivity index (χ1) is 20.3. The van der Waals surface area contributed by atoms with Gasteiger partial charge < -0.3 is 4.57 Å². The van der Waals surface area contributed by atoms with E-state index in [0.717, 1.165) is 22.6 Å². The van der Waals surface area contributed by atoms with Gasteiger partial charge in [0, 0.05) is 36.6 Å². The van der Waals surface area contributed by atoms with E-state index in [1.807, 2.05) is 11.3 Å². The van der Waals surface area contributed by atoms with E-state index in [4.69, 9.17) is 4.99 Å². The Kier molecular flexibility index (Phi) is 4.87. The Morgan fingerprint density at radius 3 is 2.17 bits per heavy atom. The Hall–Kier alpha value is -4.99. The van der Waals surface area contributed by atoms with Crippen molar-refractivity contribution in [1.82, 2.24) is 4.57 Å². The van der Waals surface area contributed by atoms with E-state index in [9.17, 15) is 0 Å². The summed E-state index contributed by atoms with van der Waals surface area (Å²) in [7, 11) is 0. The van der Waals surface area contributed by atoms with Gasteiger partial charge in [0.05, 0.1) is 28.4 Å². The lowest BCUT2D eigenvalue weighted by Gasteiger charge is -2.16. The number of aromatic nitrogens is 1. The zero-order chi connectivity index (χ0) is 26.9. The second kappa shape index (κ2) is 8.76. The Labute approximate surface area is 241 Å². The van der Waals surface area contributed by atoms with Crippen LogP contribution in [0.2, 0.25) is 0 Å². The van der Waals surface area contributed by atoms with Crippen LogP contribution in [0.15, 0.2) is 145 Å². The van der Waals surface area contributed by atoms with E-state index >= 15 is 0 Å². The fraction of sp³-hybridized carbons (Fsp3) is 0.0263. The predicted octanol–water partition coefficient (Wildman–Crippen LogP) is 10.4. The minimum Gasteiger partial charge on any atom is -0.309 e. The van der Waals surface area contributed by atoms with Crippen molar-refractivity contribution >= 4 is 64.7 Å². The van der Waals surface area contributed by atoms with Crippen molar-refractivity contribution in [2.75, 3.05) is 0 Å². The molecule has 0 spiro atoms. The molecule has 3 heteroatoms. The van der Waals surface area contributed by atoms with Gasteiger partial charge >= 0.3 is 0 Å². The van der Waals surface area contributed by atoms with Crippen LogP contribution < -0.4 is 0 Å². The Balaban J connectivity index is 1.26. The molecule has 6 aromatic carbocycles. The molecule has 3 heterocycles. The molecule has 1 aliphatic rings. The third-order valence-electron chi connectivity index (χ3n) is 8.49. The van der Waals surface area contributed by atoms with Gasteiger partial charge in [0.25, 0.3) is 0 Å². The summed E-state index contributed by atoms with van der Waals surface area (Å²) in [4.78, 5) is 5.15. The lowest BCUT2D eigenvalue weighted by atomic mass is 9.86. The summed E-state index contributed by atoms with van der Waals surface area (Å²) >= 11 is 1.87. The zero-order valence-corrected chi connectivity index (χ0v) is 23.0. The molecule has 0 bridgehead atoms. The molecule has 0 N–H and O–H groups in total. The molecule has 2 nitrogen and oxygen atoms in total. The number of hydrogen-bond acceptors (Lipinski definition) is 2. The van der Waals surface area contributed by atoms with E-state index in [0.29, 0.717) is 0 Å². The first-order valence-electron chi connectivity index (χ1n) is 14.0. The highest BCUT2D eigenvalue weighted by Crippen LogP contribution is 2.44. The fourth-order valence-electron chi connectivity index (χ4n) is 6.70. The number of fused-ring (bicyclic) bond motifs is 8. The molecule has 9 rings (SSSR count). The summed E-state index contributed by atoms with van der Waals surface area (Å²) in [6, 6.07) is 50.5. The van der Waals surface area contributed by atoms with Gasteiger partial charge in [-0.05, 0) is 53.1 Å². The second-order valence-electron chi connectivity index (χ2n) is 10.7. The van der Waals surface area contributed by atoms with E-state index in [1.54, 1.807) is 0 Å². The van der Waals surface area contributed by atoms with Crippen LogP contribution in [-0.4, -0.2) is 10.3 Å². The van der Waals surface area contributed by atoms with Crippen molar-refractivity contribution < 1.29 is 0 Å². The third kappa shape index (κ3) is 3.33. The molecule has 1 atom stereocenters. The summed E-state index contributed by atoms with van der Waals surface area (Å²) in [6.45, 7) is 0. The number of nitrogens with zero attached hydrogens (tertiary/aromatic N) is 2. The highest BCUT2D eigenvalue weighted by molar-refractivity contribution is 7.26. The Morgan fingerprint density at radius 1 is 0.561 bits per heavy atom. The van der Waals surface area contributed by atoms with Gasteiger partial charge in [-0.25, -0.2) is 0 Å². The van der Waals surface area contributed by atoms with Crippen LogP contribution in [0.5, 0.6) is 0 Å². The average Bonchev–Trinajstić information content (AvgIpc) is 3.71. The Morgan fingerprint density at radius 2 is 1.29 bits per heavy atom. The molecule has 0 amide bonds. The van der Waals surface area contributed by atoms with Crippen LogP contribution in [0.25, 0.3) is 47.7 Å². The van der Waals surface area contributed by atoms with Gasteiger partial charge in [0.2, 0.25) is 0 Å². The number of benzene rings is 6. The molecule has 0 saturated carbocycles. The summed E-state index contributed by atoms with van der Waals surface area (Å²) in [5, 5.41) is 5.23. The molecular weight excluding hydrogens is 516 g/mol. The van der Waals surface area contributed by atoms with E-state index < -0.39 is 0 Å². The monoisotopic (exact) mass is 540 g/mol. The third-order valence-corrected chi connectivity index (χ3v) is 9.63. The fourth-order valence-corrected chi connectivity index (χ4v) is 7.81. The lowest BCUT2D eigenvalue weighted by Crippen LogP contribution is -2.11. The summed E-state index contributed by atoms with van der Waals surface area (Å²) in [5.74, 6) is 0.128. The predicted molar refractivity (Wildman–Crippen MR) is 175 cm³/mol. The average molecular weight is 541 g/mol. The second-order valence-corrected chi connectivity index (χ2v) is 11.8. The van der Waals surface area contributed by atoms with Gasteiger partial charge in [-0.2, -0.15) is 0 Å². The first kappa shape index (κ1) is 22.8. The van der Waals surface area contributed by atoms with Crippen molar-refractivity contribution in [2.45, 2.75) is 5.92 Å². The minimum absolute atomic E-state index is 0.128. The van der Waals surface area contributed by atoms with E-state index in [1.165, 1.54) is 53.1 Å². The SMILES string of the molecule is c1ccc(C2C(c3ccc(-n4c5ccccc5c5ccc6sc7ccccc7c6c54)cc3)=Nc3ccccc32)cc1. The smallest absolute Gasteiger partial charge is 0.0675 e. The number of rotatable bonds is 3. The molecule has 41 heavy (non-hydrogen) atoms. The summed E-state index contributed by atoms with van der Waals surface area (Å²) in [5.41, 5.74) is 9.54. The maximum atomic E-state index is 5.15. The van der Waals surface area contributed by atoms with Crippen molar-refractivity contribution in [3.8, 4) is 5.69 Å². The van der Waals surface area contributed by atoms with Crippen LogP contribution in [-0.2, 0) is 0 Å². The first-order valence-corrected chi connectivity index (χ1v) is 14.8. The lowest BCUT2D eigenvalue weighted by molar-refractivity contribution is 1.11. The number of thiophene rings is 1. The highest BCUT2D eigenvalue weighted by Gasteiger charge is 2.29. The van der Waals surface area contributed by atoms with Gasteiger partial charge in [0.15, 0.2) is 0 Å². The van der Waals surface area contributed by atoms with Crippen LogP contribution >= 0.6 is 11.3 Å². The van der Waals surface area contributed by atoms with Gasteiger partial charge in [-0.1, -0.05) is 103 Å². The van der Waals surface area contributed by atoms with Gasteiger partial charge in [-0.3, -0.25) is 4.99 Å². The largest absolute Gasteiger partial charge is 0.309 e. The van der Waals surface area contributed by atoms with Crippen LogP contribution in [0.1, 0.15) is 22.6 Å². The highest BCUT2D eigenvalue weighted by atomic mass is 32.1. The van der Waals surface area contributed by atoms with E-state index in [-0.39, 0.29) is 5.92 Å². The molecule has 2 aromatic heterocycles. The van der Waals surface area contributed by atoms with Crippen molar-refractivity contribution in [2.24, 2.45) is 4.99 Å². The molecule has 8 aromatic rings. The van der Waals surface area contributed by atoms with Gasteiger partial charge in [0.1, 0.15) is 0 Å². The minimum atomic E-state index is 0.128. The van der Waals surface area contributed by atoms with Crippen molar-refractivity contribution in [3.05, 3.63) is 156 Å². The van der Waals surface area contributed by atoms with Crippen molar-refractivity contribution in [1.29, 1.82) is 0 Å². The quantitative estimate of drug-likeness (QED) is 0.212. The zero-order valence-electron chi connectivity index (χ0n) is 22.2. The molecular formula is C38H24N2S. The normalized spacial score (nSPS) is 14.7. The summed E-state index contributed by atoms with van der Waals surface area (Å²) in [6.07, 6.45) is 0. The van der Waals surface area contributed by atoms with Crippen molar-refractivity contribution in [3.63, 3.8) is 0 Å².